The van der Waals surface area contributed by atoms with Crippen molar-refractivity contribution >= 4 is 23.5 Å². The van der Waals surface area contributed by atoms with E-state index in [0.717, 1.165) is 4.47 Å². The first kappa shape index (κ1) is 14.8. The maximum atomic E-state index is 12.4. The molecule has 5 nitrogen and oxygen atoms in total. The molecule has 96 valence electrons. The SMILES string of the molecule is CCOP(=O)(OCC)[C@H](N)c1ccc(Br)cn1. The molecule has 0 fully saturated rings. The molecule has 0 aliphatic heterocycles. The van der Waals surface area contributed by atoms with Gasteiger partial charge < -0.3 is 14.8 Å². The van der Waals surface area contributed by atoms with E-state index in [-0.39, 0.29) is 13.2 Å². The van der Waals surface area contributed by atoms with Crippen LogP contribution in [0, 0.1) is 0 Å². The zero-order valence-corrected chi connectivity index (χ0v) is 12.3. The fourth-order valence-electron chi connectivity index (χ4n) is 1.28. The molecule has 1 aromatic rings. The van der Waals surface area contributed by atoms with Gasteiger partial charge in [0.05, 0.1) is 18.9 Å². The quantitative estimate of drug-likeness (QED) is 0.815. The molecule has 0 saturated carbocycles. The van der Waals surface area contributed by atoms with Gasteiger partial charge in [-0.3, -0.25) is 9.55 Å². The van der Waals surface area contributed by atoms with Crippen LogP contribution in [0.15, 0.2) is 22.8 Å². The Hall–Kier alpha value is -0.260. The molecule has 1 aromatic heterocycles. The van der Waals surface area contributed by atoms with Crippen molar-refractivity contribution in [3.8, 4) is 0 Å². The summed E-state index contributed by atoms with van der Waals surface area (Å²) in [6, 6.07) is 3.48. The average molecular weight is 323 g/mol. The van der Waals surface area contributed by atoms with E-state index < -0.39 is 13.4 Å². The standard InChI is InChI=1S/C10H16BrN2O3P/c1-3-15-17(14,16-4-2)10(12)9-6-5-8(11)7-13-9/h5-7,10H,3-4,12H2,1-2H3/t10-/m0/s1. The van der Waals surface area contributed by atoms with E-state index in [2.05, 4.69) is 20.9 Å². The summed E-state index contributed by atoms with van der Waals surface area (Å²) in [5.74, 6) is -0.865. The van der Waals surface area contributed by atoms with Gasteiger partial charge in [-0.15, -0.1) is 0 Å². The maximum absolute atomic E-state index is 12.4. The van der Waals surface area contributed by atoms with Gasteiger partial charge in [0.25, 0.3) is 0 Å². The molecular weight excluding hydrogens is 307 g/mol. The smallest absolute Gasteiger partial charge is 0.313 e. The number of nitrogens with zero attached hydrogens (tertiary/aromatic N) is 1. The molecule has 0 aliphatic carbocycles. The number of hydrogen-bond donors (Lipinski definition) is 1. The molecular formula is C10H16BrN2O3P. The molecule has 1 atom stereocenters. The van der Waals surface area contributed by atoms with Crippen molar-refractivity contribution in [1.29, 1.82) is 0 Å². The Morgan fingerprint density at radius 2 is 2.00 bits per heavy atom. The third-order valence-electron chi connectivity index (χ3n) is 2.01. The lowest BCUT2D eigenvalue weighted by Gasteiger charge is -2.22. The zero-order chi connectivity index (χ0) is 12.9. The fraction of sp³-hybridized carbons (Fsp3) is 0.500. The Labute approximate surface area is 109 Å². The molecule has 1 heterocycles. The second-order valence-electron chi connectivity index (χ2n) is 3.22. The molecule has 2 N–H and O–H groups in total. The summed E-state index contributed by atoms with van der Waals surface area (Å²) < 4.78 is 23.6. The Morgan fingerprint density at radius 3 is 2.41 bits per heavy atom. The van der Waals surface area contributed by atoms with Gasteiger partial charge >= 0.3 is 7.60 Å². The predicted molar refractivity (Wildman–Crippen MR) is 69.7 cm³/mol. The number of pyridine rings is 1. The Kier molecular flexibility index (Phi) is 5.76. The number of nitrogens with two attached hydrogens (primary N) is 1. The largest absolute Gasteiger partial charge is 0.353 e. The minimum atomic E-state index is -3.35. The van der Waals surface area contributed by atoms with Gasteiger partial charge in [-0.25, -0.2) is 0 Å². The molecule has 0 spiro atoms. The molecule has 0 amide bonds. The first-order chi connectivity index (χ1) is 8.03. The van der Waals surface area contributed by atoms with Gasteiger partial charge in [0.1, 0.15) is 0 Å². The molecule has 0 radical (unpaired) electrons. The van der Waals surface area contributed by atoms with Crippen LogP contribution in [0.25, 0.3) is 0 Å². The summed E-state index contributed by atoms with van der Waals surface area (Å²) in [6.07, 6.45) is 1.59. The lowest BCUT2D eigenvalue weighted by molar-refractivity contribution is 0.212. The lowest BCUT2D eigenvalue weighted by Crippen LogP contribution is -2.16. The van der Waals surface area contributed by atoms with Gasteiger partial charge in [0.15, 0.2) is 5.78 Å². The third kappa shape index (κ3) is 3.86. The number of rotatable bonds is 6. The van der Waals surface area contributed by atoms with E-state index in [9.17, 15) is 4.57 Å². The zero-order valence-electron chi connectivity index (χ0n) is 9.80. The molecule has 0 saturated heterocycles. The van der Waals surface area contributed by atoms with Crippen LogP contribution in [0.5, 0.6) is 0 Å². The van der Waals surface area contributed by atoms with Gasteiger partial charge in [0, 0.05) is 10.7 Å². The average Bonchev–Trinajstić information content (AvgIpc) is 2.30. The molecule has 17 heavy (non-hydrogen) atoms. The van der Waals surface area contributed by atoms with E-state index in [4.69, 9.17) is 14.8 Å². The van der Waals surface area contributed by atoms with E-state index in [1.54, 1.807) is 32.2 Å². The van der Waals surface area contributed by atoms with Crippen LogP contribution >= 0.6 is 23.5 Å². The second kappa shape index (κ2) is 6.61. The van der Waals surface area contributed by atoms with Gasteiger partial charge in [-0.1, -0.05) is 0 Å². The number of aromatic nitrogens is 1. The number of hydrogen-bond acceptors (Lipinski definition) is 5. The van der Waals surface area contributed by atoms with Crippen molar-refractivity contribution in [2.45, 2.75) is 19.6 Å². The van der Waals surface area contributed by atoms with Crippen LogP contribution in [-0.4, -0.2) is 18.2 Å². The van der Waals surface area contributed by atoms with Crippen LogP contribution in [-0.2, 0) is 13.6 Å². The third-order valence-corrected chi connectivity index (χ3v) is 4.66. The van der Waals surface area contributed by atoms with Gasteiger partial charge in [0.2, 0.25) is 0 Å². The highest BCUT2D eigenvalue weighted by Gasteiger charge is 2.34. The van der Waals surface area contributed by atoms with Gasteiger partial charge in [-0.2, -0.15) is 0 Å². The minimum Gasteiger partial charge on any atom is -0.313 e. The highest BCUT2D eigenvalue weighted by Crippen LogP contribution is 2.57. The van der Waals surface area contributed by atoms with Crippen molar-refractivity contribution in [3.63, 3.8) is 0 Å². The monoisotopic (exact) mass is 322 g/mol. The number of halogens is 1. The summed E-state index contributed by atoms with van der Waals surface area (Å²) in [5, 5.41) is 0. The summed E-state index contributed by atoms with van der Waals surface area (Å²) in [4.78, 5) is 4.10. The van der Waals surface area contributed by atoms with Crippen LogP contribution in [0.4, 0.5) is 0 Å². The molecule has 1 rings (SSSR count). The maximum Gasteiger partial charge on any atom is 0.353 e. The summed E-state index contributed by atoms with van der Waals surface area (Å²) >= 11 is 3.27. The highest BCUT2D eigenvalue weighted by molar-refractivity contribution is 9.10. The summed E-state index contributed by atoms with van der Waals surface area (Å²) in [6.45, 7) is 4.05. The van der Waals surface area contributed by atoms with E-state index in [0.29, 0.717) is 5.69 Å². The topological polar surface area (TPSA) is 74.4 Å². The van der Waals surface area contributed by atoms with Gasteiger partial charge in [-0.05, 0) is 41.9 Å². The Morgan fingerprint density at radius 1 is 1.41 bits per heavy atom. The van der Waals surface area contributed by atoms with Crippen molar-refractivity contribution in [2.24, 2.45) is 5.73 Å². The predicted octanol–water partition coefficient (Wildman–Crippen LogP) is 3.07. The molecule has 0 aromatic carbocycles. The first-order valence-corrected chi connectivity index (χ1v) is 7.69. The van der Waals surface area contributed by atoms with Crippen molar-refractivity contribution in [1.82, 2.24) is 4.98 Å². The van der Waals surface area contributed by atoms with E-state index in [1.807, 2.05) is 0 Å². The molecule has 7 heteroatoms. The van der Waals surface area contributed by atoms with Crippen molar-refractivity contribution in [2.75, 3.05) is 13.2 Å². The summed E-state index contributed by atoms with van der Waals surface area (Å²) in [5.41, 5.74) is 6.39. The van der Waals surface area contributed by atoms with E-state index >= 15 is 0 Å². The molecule has 0 aliphatic rings. The molecule has 0 unspecified atom stereocenters. The minimum absolute atomic E-state index is 0.279. The molecule has 0 bridgehead atoms. The fourth-order valence-corrected chi connectivity index (χ4v) is 3.11. The van der Waals surface area contributed by atoms with Crippen molar-refractivity contribution < 1.29 is 13.6 Å². The Bertz CT molecular complexity index is 389. The van der Waals surface area contributed by atoms with Crippen LogP contribution in [0.2, 0.25) is 0 Å². The second-order valence-corrected chi connectivity index (χ2v) is 6.29. The van der Waals surface area contributed by atoms with Crippen molar-refractivity contribution in [3.05, 3.63) is 28.5 Å². The van der Waals surface area contributed by atoms with Crippen LogP contribution < -0.4 is 5.73 Å². The normalized spacial score (nSPS) is 13.6. The Balaban J connectivity index is 2.95. The summed E-state index contributed by atoms with van der Waals surface area (Å²) in [7, 11) is -3.35. The first-order valence-electron chi connectivity index (χ1n) is 5.29. The lowest BCUT2D eigenvalue weighted by atomic mass is 10.3. The van der Waals surface area contributed by atoms with E-state index in [1.165, 1.54) is 0 Å². The van der Waals surface area contributed by atoms with Crippen LogP contribution in [0.3, 0.4) is 0 Å². The van der Waals surface area contributed by atoms with Crippen LogP contribution in [0.1, 0.15) is 25.3 Å². The highest BCUT2D eigenvalue weighted by atomic mass is 79.9.